The Morgan fingerprint density at radius 2 is 1.33 bits per heavy atom. The Morgan fingerprint density at radius 3 is 2.07 bits per heavy atom. The number of piperazine rings is 1. The Morgan fingerprint density at radius 1 is 0.667 bits per heavy atom. The molecule has 2 aromatic carbocycles. The van der Waals surface area contributed by atoms with Crippen LogP contribution in [-0.4, -0.2) is 42.0 Å². The van der Waals surface area contributed by atoms with Gasteiger partial charge in [0.15, 0.2) is 0 Å². The minimum Gasteiger partial charge on any atom is -0.298 e. The van der Waals surface area contributed by atoms with Crippen LogP contribution in [-0.2, 0) is 19.4 Å². The zero-order valence-electron chi connectivity index (χ0n) is 16.7. The number of hydrogen-bond acceptors (Lipinski definition) is 2. The van der Waals surface area contributed by atoms with Gasteiger partial charge in [-0.15, -0.1) is 0 Å². The highest BCUT2D eigenvalue weighted by atomic mass is 15.3. The molecule has 2 heteroatoms. The SMILES string of the molecule is c1ccc(CCc2ccccc2CN2CCN(C3CCCCC3)CC2)cc1. The van der Waals surface area contributed by atoms with Crippen LogP contribution in [0.5, 0.6) is 0 Å². The third-order valence-electron chi connectivity index (χ3n) is 6.54. The van der Waals surface area contributed by atoms with E-state index < -0.39 is 0 Å². The second kappa shape index (κ2) is 9.52. The molecule has 2 fully saturated rings. The normalized spacial score (nSPS) is 20.0. The van der Waals surface area contributed by atoms with Gasteiger partial charge in [0, 0.05) is 38.8 Å². The Balaban J connectivity index is 1.31. The van der Waals surface area contributed by atoms with Gasteiger partial charge >= 0.3 is 0 Å². The molecule has 0 atom stereocenters. The van der Waals surface area contributed by atoms with Gasteiger partial charge in [0.1, 0.15) is 0 Å². The van der Waals surface area contributed by atoms with Gasteiger partial charge in [0.25, 0.3) is 0 Å². The molecule has 1 heterocycles. The van der Waals surface area contributed by atoms with Crippen LogP contribution < -0.4 is 0 Å². The van der Waals surface area contributed by atoms with Crippen molar-refractivity contribution in [1.82, 2.24) is 9.80 Å². The van der Waals surface area contributed by atoms with Crippen LogP contribution in [0.2, 0.25) is 0 Å². The highest BCUT2D eigenvalue weighted by Gasteiger charge is 2.25. The summed E-state index contributed by atoms with van der Waals surface area (Å²) < 4.78 is 0. The van der Waals surface area contributed by atoms with Gasteiger partial charge in [-0.25, -0.2) is 0 Å². The maximum atomic E-state index is 2.77. The predicted octanol–water partition coefficient (Wildman–Crippen LogP) is 4.92. The molecule has 144 valence electrons. The molecule has 2 aliphatic rings. The maximum absolute atomic E-state index is 2.77. The first kappa shape index (κ1) is 18.7. The average molecular weight is 363 g/mol. The fourth-order valence-corrected chi connectivity index (χ4v) is 4.85. The summed E-state index contributed by atoms with van der Waals surface area (Å²) in [7, 11) is 0. The molecule has 0 unspecified atom stereocenters. The van der Waals surface area contributed by atoms with Gasteiger partial charge in [0.05, 0.1) is 0 Å². The van der Waals surface area contributed by atoms with Gasteiger partial charge < -0.3 is 0 Å². The largest absolute Gasteiger partial charge is 0.298 e. The van der Waals surface area contributed by atoms with Crippen molar-refractivity contribution >= 4 is 0 Å². The molecule has 0 N–H and O–H groups in total. The topological polar surface area (TPSA) is 6.48 Å². The second-order valence-corrected chi connectivity index (χ2v) is 8.36. The first-order valence-corrected chi connectivity index (χ1v) is 11.0. The summed E-state index contributed by atoms with van der Waals surface area (Å²) >= 11 is 0. The number of benzene rings is 2. The minimum atomic E-state index is 0.874. The monoisotopic (exact) mass is 362 g/mol. The zero-order chi connectivity index (χ0) is 18.3. The molecule has 0 spiro atoms. The number of nitrogens with zero attached hydrogens (tertiary/aromatic N) is 2. The van der Waals surface area contributed by atoms with Crippen molar-refractivity contribution in [3.05, 3.63) is 71.3 Å². The summed E-state index contributed by atoms with van der Waals surface area (Å²) in [6, 6.07) is 20.8. The van der Waals surface area contributed by atoms with Gasteiger partial charge in [-0.2, -0.15) is 0 Å². The lowest BCUT2D eigenvalue weighted by molar-refractivity contribution is 0.0754. The molecule has 1 saturated heterocycles. The van der Waals surface area contributed by atoms with E-state index in [1.165, 1.54) is 75.0 Å². The number of aryl methyl sites for hydroxylation is 2. The lowest BCUT2D eigenvalue weighted by Crippen LogP contribution is -2.50. The lowest BCUT2D eigenvalue weighted by Gasteiger charge is -2.41. The van der Waals surface area contributed by atoms with Crippen LogP contribution in [0.15, 0.2) is 54.6 Å². The van der Waals surface area contributed by atoms with Crippen LogP contribution in [0.25, 0.3) is 0 Å². The molecule has 1 aliphatic carbocycles. The minimum absolute atomic E-state index is 0.874. The summed E-state index contributed by atoms with van der Waals surface area (Å²) in [4.78, 5) is 5.44. The van der Waals surface area contributed by atoms with Crippen molar-refractivity contribution in [3.63, 3.8) is 0 Å². The van der Waals surface area contributed by atoms with Crippen LogP contribution in [0.3, 0.4) is 0 Å². The van der Waals surface area contributed by atoms with Crippen molar-refractivity contribution in [3.8, 4) is 0 Å². The molecule has 0 radical (unpaired) electrons. The number of hydrogen-bond donors (Lipinski definition) is 0. The van der Waals surface area contributed by atoms with Crippen molar-refractivity contribution in [2.24, 2.45) is 0 Å². The summed E-state index contributed by atoms with van der Waals surface area (Å²) in [5, 5.41) is 0. The first-order chi connectivity index (χ1) is 13.4. The van der Waals surface area contributed by atoms with E-state index in [0.29, 0.717) is 0 Å². The van der Waals surface area contributed by atoms with E-state index in [4.69, 9.17) is 0 Å². The predicted molar refractivity (Wildman–Crippen MR) is 114 cm³/mol. The third kappa shape index (κ3) is 5.21. The van der Waals surface area contributed by atoms with E-state index in [-0.39, 0.29) is 0 Å². The van der Waals surface area contributed by atoms with E-state index in [9.17, 15) is 0 Å². The fourth-order valence-electron chi connectivity index (χ4n) is 4.85. The van der Waals surface area contributed by atoms with Gasteiger partial charge in [-0.1, -0.05) is 73.9 Å². The van der Waals surface area contributed by atoms with E-state index in [0.717, 1.165) is 25.4 Å². The van der Waals surface area contributed by atoms with Crippen LogP contribution in [0, 0.1) is 0 Å². The van der Waals surface area contributed by atoms with Crippen molar-refractivity contribution in [2.75, 3.05) is 26.2 Å². The average Bonchev–Trinajstić information content (AvgIpc) is 2.75. The second-order valence-electron chi connectivity index (χ2n) is 8.36. The maximum Gasteiger partial charge on any atom is 0.0237 e. The molecule has 1 saturated carbocycles. The summed E-state index contributed by atoms with van der Waals surface area (Å²) in [5.74, 6) is 0. The molecular weight excluding hydrogens is 328 g/mol. The summed E-state index contributed by atoms with van der Waals surface area (Å²) in [6.07, 6.45) is 9.48. The molecule has 27 heavy (non-hydrogen) atoms. The molecular formula is C25H34N2. The van der Waals surface area contributed by atoms with Gasteiger partial charge in [-0.3, -0.25) is 9.80 Å². The van der Waals surface area contributed by atoms with Crippen molar-refractivity contribution < 1.29 is 0 Å². The Labute approximate surface area is 165 Å². The molecule has 1 aliphatic heterocycles. The van der Waals surface area contributed by atoms with Crippen molar-refractivity contribution in [1.29, 1.82) is 0 Å². The van der Waals surface area contributed by atoms with Gasteiger partial charge in [-0.05, 0) is 42.4 Å². The highest BCUT2D eigenvalue weighted by Crippen LogP contribution is 2.24. The van der Waals surface area contributed by atoms with Gasteiger partial charge in [0.2, 0.25) is 0 Å². The fraction of sp³-hybridized carbons (Fsp3) is 0.520. The molecule has 2 aromatic rings. The van der Waals surface area contributed by atoms with E-state index in [2.05, 4.69) is 64.4 Å². The highest BCUT2D eigenvalue weighted by molar-refractivity contribution is 5.28. The smallest absolute Gasteiger partial charge is 0.0237 e. The Kier molecular flexibility index (Phi) is 6.60. The van der Waals surface area contributed by atoms with Crippen LogP contribution >= 0.6 is 0 Å². The quantitative estimate of drug-likeness (QED) is 0.719. The lowest BCUT2D eigenvalue weighted by atomic mass is 9.93. The molecule has 2 nitrogen and oxygen atoms in total. The molecule has 4 rings (SSSR count). The first-order valence-electron chi connectivity index (χ1n) is 11.0. The van der Waals surface area contributed by atoms with E-state index in [1.807, 2.05) is 0 Å². The Hall–Kier alpha value is -1.64. The molecule has 0 aromatic heterocycles. The van der Waals surface area contributed by atoms with E-state index >= 15 is 0 Å². The molecule has 0 bridgehead atoms. The van der Waals surface area contributed by atoms with Crippen LogP contribution in [0.4, 0.5) is 0 Å². The summed E-state index contributed by atoms with van der Waals surface area (Å²) in [6.45, 7) is 6.09. The number of rotatable bonds is 6. The standard InChI is InChI=1S/C25H34N2/c1-3-9-22(10-4-1)15-16-23-11-7-8-12-24(23)21-26-17-19-27(20-18-26)25-13-5-2-6-14-25/h1,3-4,7-12,25H,2,5-6,13-21H2. The third-order valence-corrected chi connectivity index (χ3v) is 6.54. The molecule has 0 amide bonds. The zero-order valence-corrected chi connectivity index (χ0v) is 16.7. The van der Waals surface area contributed by atoms with Crippen molar-refractivity contribution in [2.45, 2.75) is 57.5 Å². The van der Waals surface area contributed by atoms with E-state index in [1.54, 1.807) is 0 Å². The Bertz CT molecular complexity index is 682. The summed E-state index contributed by atoms with van der Waals surface area (Å²) in [5.41, 5.74) is 4.49. The van der Waals surface area contributed by atoms with Crippen LogP contribution in [0.1, 0.15) is 48.8 Å².